The average molecular weight is 279 g/mol. The smallest absolute Gasteiger partial charge is 0.236 e. The van der Waals surface area contributed by atoms with Crippen LogP contribution in [0.5, 0.6) is 11.5 Å². The summed E-state index contributed by atoms with van der Waals surface area (Å²) >= 11 is 1.71. The second kappa shape index (κ2) is 4.63. The van der Waals surface area contributed by atoms with Gasteiger partial charge >= 0.3 is 0 Å². The van der Waals surface area contributed by atoms with Gasteiger partial charge in [0.05, 0.1) is 19.5 Å². The molecule has 2 aliphatic rings. The van der Waals surface area contributed by atoms with E-state index in [9.17, 15) is 4.79 Å². The molecule has 2 heterocycles. The summed E-state index contributed by atoms with van der Waals surface area (Å²) in [7, 11) is 3.29. The van der Waals surface area contributed by atoms with Gasteiger partial charge in [-0.1, -0.05) is 0 Å². The molecule has 0 saturated carbocycles. The van der Waals surface area contributed by atoms with Crippen LogP contribution in [0.25, 0.3) is 0 Å². The highest BCUT2D eigenvalue weighted by molar-refractivity contribution is 8.01. The first kappa shape index (κ1) is 12.7. The van der Waals surface area contributed by atoms with Gasteiger partial charge in [0.2, 0.25) is 5.91 Å². The Morgan fingerprint density at radius 3 is 2.63 bits per heavy atom. The molecule has 2 atom stereocenters. The van der Waals surface area contributed by atoms with E-state index in [0.29, 0.717) is 0 Å². The van der Waals surface area contributed by atoms with Gasteiger partial charge in [0.15, 0.2) is 11.5 Å². The van der Waals surface area contributed by atoms with Crippen LogP contribution in [-0.2, 0) is 11.2 Å². The fourth-order valence-electron chi connectivity index (χ4n) is 2.77. The Bertz CT molecular complexity index is 532. The molecule has 5 heteroatoms. The van der Waals surface area contributed by atoms with Gasteiger partial charge in [-0.25, -0.2) is 0 Å². The molecular formula is C14H17NO3S. The lowest BCUT2D eigenvalue weighted by molar-refractivity contribution is -0.130. The summed E-state index contributed by atoms with van der Waals surface area (Å²) < 4.78 is 10.7. The van der Waals surface area contributed by atoms with Gasteiger partial charge in [-0.15, -0.1) is 11.8 Å². The number of hydrogen-bond acceptors (Lipinski definition) is 4. The summed E-state index contributed by atoms with van der Waals surface area (Å²) in [6, 6.07) is 4.06. The molecule has 4 nitrogen and oxygen atoms in total. The minimum absolute atomic E-state index is 0.0454. The van der Waals surface area contributed by atoms with Crippen LogP contribution in [0.3, 0.4) is 0 Å². The normalized spacial score (nSPS) is 25.0. The first-order valence-electron chi connectivity index (χ1n) is 6.36. The molecule has 2 aliphatic heterocycles. The average Bonchev–Trinajstić information content (AvgIpc) is 2.73. The number of carbonyl (C=O) groups is 1. The van der Waals surface area contributed by atoms with Crippen molar-refractivity contribution in [3.8, 4) is 11.5 Å². The number of ether oxygens (including phenoxy) is 2. The van der Waals surface area contributed by atoms with Crippen molar-refractivity contribution in [2.75, 3.05) is 20.8 Å². The van der Waals surface area contributed by atoms with Crippen LogP contribution in [-0.4, -0.2) is 36.8 Å². The zero-order chi connectivity index (χ0) is 13.6. The van der Waals surface area contributed by atoms with Crippen molar-refractivity contribution < 1.29 is 14.3 Å². The van der Waals surface area contributed by atoms with Gasteiger partial charge in [-0.2, -0.15) is 0 Å². The standard InChI is InChI=1S/C14H17NO3S/c1-8-13(16)15-5-4-9-6-11(17-2)12(18-3)7-10(9)14(15)19-8/h6-8,14H,4-5H2,1-3H3. The minimum Gasteiger partial charge on any atom is -0.493 e. The molecule has 3 rings (SSSR count). The van der Waals surface area contributed by atoms with E-state index in [2.05, 4.69) is 0 Å². The number of fused-ring (bicyclic) bond motifs is 3. The summed E-state index contributed by atoms with van der Waals surface area (Å²) in [5.41, 5.74) is 2.44. The number of amides is 1. The number of carbonyl (C=O) groups excluding carboxylic acids is 1. The van der Waals surface area contributed by atoms with E-state index in [-0.39, 0.29) is 16.5 Å². The summed E-state index contributed by atoms with van der Waals surface area (Å²) in [6.45, 7) is 2.77. The predicted octanol–water partition coefficient (Wildman–Crippen LogP) is 2.22. The molecular weight excluding hydrogens is 262 g/mol. The van der Waals surface area contributed by atoms with Crippen LogP contribution in [0.15, 0.2) is 12.1 Å². The van der Waals surface area contributed by atoms with Crippen molar-refractivity contribution in [3.63, 3.8) is 0 Å². The van der Waals surface area contributed by atoms with Crippen LogP contribution >= 0.6 is 11.8 Å². The summed E-state index contributed by atoms with van der Waals surface area (Å²) in [4.78, 5) is 14.1. The Morgan fingerprint density at radius 1 is 1.26 bits per heavy atom. The zero-order valence-electron chi connectivity index (χ0n) is 11.3. The highest BCUT2D eigenvalue weighted by Crippen LogP contribution is 2.48. The molecule has 0 radical (unpaired) electrons. The van der Waals surface area contributed by atoms with E-state index >= 15 is 0 Å². The highest BCUT2D eigenvalue weighted by atomic mass is 32.2. The Hall–Kier alpha value is -1.36. The van der Waals surface area contributed by atoms with E-state index in [1.807, 2.05) is 24.0 Å². The van der Waals surface area contributed by atoms with Crippen molar-refractivity contribution in [3.05, 3.63) is 23.3 Å². The lowest BCUT2D eigenvalue weighted by atomic mass is 9.98. The predicted molar refractivity (Wildman–Crippen MR) is 74.8 cm³/mol. The number of methoxy groups -OCH3 is 2. The lowest BCUT2D eigenvalue weighted by Crippen LogP contribution is -2.35. The molecule has 1 amide bonds. The summed E-state index contributed by atoms with van der Waals surface area (Å²) in [6.07, 6.45) is 0.880. The Kier molecular flexibility index (Phi) is 3.09. The fraction of sp³-hybridized carbons (Fsp3) is 0.500. The van der Waals surface area contributed by atoms with Crippen molar-refractivity contribution in [2.45, 2.75) is 24.0 Å². The number of rotatable bonds is 2. The van der Waals surface area contributed by atoms with Gasteiger partial charge in [0, 0.05) is 6.54 Å². The van der Waals surface area contributed by atoms with E-state index in [1.165, 1.54) is 11.1 Å². The topological polar surface area (TPSA) is 38.8 Å². The SMILES string of the molecule is COc1cc2c(cc1OC)C1SC(C)C(=O)N1CC2. The van der Waals surface area contributed by atoms with Crippen LogP contribution < -0.4 is 9.47 Å². The quantitative estimate of drug-likeness (QED) is 0.832. The van der Waals surface area contributed by atoms with Gasteiger partial charge in [-0.3, -0.25) is 4.79 Å². The second-order valence-electron chi connectivity index (χ2n) is 4.82. The van der Waals surface area contributed by atoms with Crippen molar-refractivity contribution >= 4 is 17.7 Å². The van der Waals surface area contributed by atoms with Crippen molar-refractivity contribution in [1.29, 1.82) is 0 Å². The molecule has 1 aromatic carbocycles. The Labute approximate surface area is 117 Å². The number of thioether (sulfide) groups is 1. The van der Waals surface area contributed by atoms with Gasteiger partial charge in [-0.05, 0) is 36.6 Å². The third-order valence-electron chi connectivity index (χ3n) is 3.78. The van der Waals surface area contributed by atoms with Crippen LogP contribution in [0, 0.1) is 0 Å². The van der Waals surface area contributed by atoms with Gasteiger partial charge in [0.25, 0.3) is 0 Å². The van der Waals surface area contributed by atoms with Crippen LogP contribution in [0.4, 0.5) is 0 Å². The molecule has 1 saturated heterocycles. The number of hydrogen-bond donors (Lipinski definition) is 0. The molecule has 19 heavy (non-hydrogen) atoms. The minimum atomic E-state index is 0.0454. The Morgan fingerprint density at radius 2 is 1.95 bits per heavy atom. The molecule has 102 valence electrons. The summed E-state index contributed by atoms with van der Waals surface area (Å²) in [5, 5.41) is 0.176. The van der Waals surface area contributed by atoms with E-state index in [4.69, 9.17) is 9.47 Å². The first-order valence-corrected chi connectivity index (χ1v) is 7.30. The summed E-state index contributed by atoms with van der Waals surface area (Å²) in [5.74, 6) is 1.74. The maximum atomic E-state index is 12.1. The molecule has 0 aromatic heterocycles. The third kappa shape index (κ3) is 1.87. The lowest BCUT2D eigenvalue weighted by Gasteiger charge is -2.31. The molecule has 0 bridgehead atoms. The van der Waals surface area contributed by atoms with Gasteiger partial charge in [0.1, 0.15) is 5.37 Å². The highest BCUT2D eigenvalue weighted by Gasteiger charge is 2.41. The van der Waals surface area contributed by atoms with Crippen molar-refractivity contribution in [1.82, 2.24) is 4.90 Å². The molecule has 0 N–H and O–H groups in total. The maximum Gasteiger partial charge on any atom is 0.236 e. The van der Waals surface area contributed by atoms with Crippen LogP contribution in [0.2, 0.25) is 0 Å². The maximum absolute atomic E-state index is 12.1. The van der Waals surface area contributed by atoms with Gasteiger partial charge < -0.3 is 14.4 Å². The zero-order valence-corrected chi connectivity index (χ0v) is 12.1. The molecule has 0 aliphatic carbocycles. The molecule has 1 aromatic rings. The monoisotopic (exact) mass is 279 g/mol. The van der Waals surface area contributed by atoms with E-state index in [1.54, 1.807) is 26.0 Å². The number of benzene rings is 1. The van der Waals surface area contributed by atoms with Crippen molar-refractivity contribution in [2.24, 2.45) is 0 Å². The van der Waals surface area contributed by atoms with Crippen LogP contribution in [0.1, 0.15) is 23.4 Å². The fourth-order valence-corrected chi connectivity index (χ4v) is 4.13. The molecule has 2 unspecified atom stereocenters. The molecule has 0 spiro atoms. The Balaban J connectivity index is 2.06. The largest absolute Gasteiger partial charge is 0.493 e. The van der Waals surface area contributed by atoms with E-state index < -0.39 is 0 Å². The first-order chi connectivity index (χ1) is 9.15. The number of nitrogens with zero attached hydrogens (tertiary/aromatic N) is 1. The molecule has 1 fully saturated rings. The van der Waals surface area contributed by atoms with E-state index in [0.717, 1.165) is 24.5 Å². The third-order valence-corrected chi connectivity index (χ3v) is 5.16. The second-order valence-corrected chi connectivity index (χ2v) is 6.24.